The first kappa shape index (κ1) is 14.1. The summed E-state index contributed by atoms with van der Waals surface area (Å²) < 4.78 is 1.24. The molecular formula is C15H23BrN2S. The summed E-state index contributed by atoms with van der Waals surface area (Å²) >= 11 is 5.45. The highest BCUT2D eigenvalue weighted by Gasteiger charge is 2.40. The Bertz CT molecular complexity index is 406. The lowest BCUT2D eigenvalue weighted by Gasteiger charge is -2.39. The van der Waals surface area contributed by atoms with Crippen molar-refractivity contribution in [1.82, 2.24) is 10.2 Å². The van der Waals surface area contributed by atoms with Gasteiger partial charge in [-0.2, -0.15) is 0 Å². The molecule has 2 unspecified atom stereocenters. The van der Waals surface area contributed by atoms with E-state index in [0.29, 0.717) is 0 Å². The Morgan fingerprint density at radius 2 is 2.11 bits per heavy atom. The van der Waals surface area contributed by atoms with Crippen LogP contribution in [-0.4, -0.2) is 29.6 Å². The Hall–Kier alpha value is 0.1000. The van der Waals surface area contributed by atoms with Crippen LogP contribution in [0, 0.1) is 0 Å². The standard InChI is InChI=1S/C15H23BrN2S/c1-2-5-17-12-7-13-3-4-14(8-12)18(13)9-15-6-11(16)10-19-15/h6,10,12-14,17H,2-5,7-9H2,1H3. The third-order valence-corrected chi connectivity index (χ3v) is 6.21. The number of nitrogens with one attached hydrogen (secondary N) is 1. The average molecular weight is 343 g/mol. The van der Waals surface area contributed by atoms with Crippen LogP contribution in [0.25, 0.3) is 0 Å². The van der Waals surface area contributed by atoms with E-state index in [2.05, 4.69) is 44.5 Å². The normalized spacial score (nSPS) is 30.9. The van der Waals surface area contributed by atoms with Gasteiger partial charge in [0.15, 0.2) is 0 Å². The molecule has 2 atom stereocenters. The molecule has 2 fully saturated rings. The molecule has 2 aliphatic rings. The van der Waals surface area contributed by atoms with Gasteiger partial charge in [0.2, 0.25) is 0 Å². The Kier molecular flexibility index (Phi) is 4.62. The van der Waals surface area contributed by atoms with E-state index >= 15 is 0 Å². The van der Waals surface area contributed by atoms with E-state index in [1.807, 2.05) is 11.3 Å². The first-order chi connectivity index (χ1) is 9.26. The molecule has 3 rings (SSSR count). The zero-order valence-corrected chi connectivity index (χ0v) is 14.0. The lowest BCUT2D eigenvalue weighted by Crippen LogP contribution is -2.48. The van der Waals surface area contributed by atoms with Crippen LogP contribution in [0.3, 0.4) is 0 Å². The van der Waals surface area contributed by atoms with Gasteiger partial charge in [-0.15, -0.1) is 11.3 Å². The van der Waals surface area contributed by atoms with Gasteiger partial charge in [0, 0.05) is 39.4 Å². The first-order valence-corrected chi connectivity index (χ1v) is 9.15. The van der Waals surface area contributed by atoms with E-state index in [0.717, 1.165) is 24.7 Å². The SMILES string of the molecule is CCCNC1CC2CCC(C1)N2Cc1cc(Br)cs1. The Morgan fingerprint density at radius 1 is 1.37 bits per heavy atom. The van der Waals surface area contributed by atoms with Crippen molar-refractivity contribution in [3.63, 3.8) is 0 Å². The van der Waals surface area contributed by atoms with E-state index < -0.39 is 0 Å². The maximum absolute atomic E-state index is 3.73. The monoisotopic (exact) mass is 342 g/mol. The van der Waals surface area contributed by atoms with Crippen LogP contribution in [0.5, 0.6) is 0 Å². The molecule has 1 N–H and O–H groups in total. The fourth-order valence-electron chi connectivity index (χ4n) is 3.66. The van der Waals surface area contributed by atoms with Crippen molar-refractivity contribution in [2.24, 2.45) is 0 Å². The van der Waals surface area contributed by atoms with Crippen LogP contribution in [0.2, 0.25) is 0 Å². The second kappa shape index (κ2) is 6.25. The number of thiophene rings is 1. The van der Waals surface area contributed by atoms with Crippen LogP contribution in [0.4, 0.5) is 0 Å². The topological polar surface area (TPSA) is 15.3 Å². The van der Waals surface area contributed by atoms with Crippen LogP contribution in [0.1, 0.15) is 43.9 Å². The van der Waals surface area contributed by atoms with Gasteiger partial charge in [0.25, 0.3) is 0 Å². The van der Waals surface area contributed by atoms with Gasteiger partial charge in [-0.3, -0.25) is 4.90 Å². The summed E-state index contributed by atoms with van der Waals surface area (Å²) in [6.45, 7) is 4.60. The van der Waals surface area contributed by atoms with Crippen molar-refractivity contribution in [3.05, 3.63) is 20.8 Å². The van der Waals surface area contributed by atoms with Gasteiger partial charge in [0.05, 0.1) is 0 Å². The van der Waals surface area contributed by atoms with E-state index in [-0.39, 0.29) is 0 Å². The summed E-state index contributed by atoms with van der Waals surface area (Å²) in [7, 11) is 0. The molecule has 2 nitrogen and oxygen atoms in total. The number of nitrogens with zero attached hydrogens (tertiary/aromatic N) is 1. The highest BCUT2D eigenvalue weighted by Crippen LogP contribution is 2.37. The molecule has 0 spiro atoms. The molecule has 0 aromatic carbocycles. The second-order valence-electron chi connectivity index (χ2n) is 5.91. The molecule has 19 heavy (non-hydrogen) atoms. The van der Waals surface area contributed by atoms with Gasteiger partial charge in [-0.05, 0) is 60.6 Å². The van der Waals surface area contributed by atoms with Crippen LogP contribution >= 0.6 is 27.3 Å². The van der Waals surface area contributed by atoms with E-state index in [4.69, 9.17) is 0 Å². The molecule has 1 aromatic rings. The number of halogens is 1. The van der Waals surface area contributed by atoms with Gasteiger partial charge < -0.3 is 5.32 Å². The van der Waals surface area contributed by atoms with Crippen LogP contribution in [-0.2, 0) is 6.54 Å². The minimum absolute atomic E-state index is 0.767. The molecule has 4 heteroatoms. The van der Waals surface area contributed by atoms with Crippen LogP contribution in [0.15, 0.2) is 15.9 Å². The minimum atomic E-state index is 0.767. The van der Waals surface area contributed by atoms with Crippen LogP contribution < -0.4 is 5.32 Å². The van der Waals surface area contributed by atoms with E-state index in [9.17, 15) is 0 Å². The van der Waals surface area contributed by atoms with Gasteiger partial charge in [-0.25, -0.2) is 0 Å². The van der Waals surface area contributed by atoms with Gasteiger partial charge in [0.1, 0.15) is 0 Å². The zero-order chi connectivity index (χ0) is 13.2. The molecule has 2 aliphatic heterocycles. The third kappa shape index (κ3) is 3.23. The Labute approximate surface area is 128 Å². The number of fused-ring (bicyclic) bond motifs is 2. The maximum Gasteiger partial charge on any atom is 0.0334 e. The number of piperidine rings is 1. The molecule has 0 radical (unpaired) electrons. The molecule has 0 saturated carbocycles. The predicted octanol–water partition coefficient (Wildman–Crippen LogP) is 4.01. The van der Waals surface area contributed by atoms with Gasteiger partial charge in [-0.1, -0.05) is 6.92 Å². The maximum atomic E-state index is 3.73. The number of rotatable bonds is 5. The Balaban J connectivity index is 1.60. The summed E-state index contributed by atoms with van der Waals surface area (Å²) in [6.07, 6.45) is 6.76. The highest BCUT2D eigenvalue weighted by molar-refractivity contribution is 9.10. The molecule has 2 bridgehead atoms. The quantitative estimate of drug-likeness (QED) is 0.869. The first-order valence-electron chi connectivity index (χ1n) is 7.48. The van der Waals surface area contributed by atoms with Crippen molar-refractivity contribution in [3.8, 4) is 0 Å². The summed E-state index contributed by atoms with van der Waals surface area (Å²) in [4.78, 5) is 4.27. The van der Waals surface area contributed by atoms with Crippen molar-refractivity contribution in [2.75, 3.05) is 6.54 Å². The second-order valence-corrected chi connectivity index (χ2v) is 7.82. The summed E-state index contributed by atoms with van der Waals surface area (Å²) in [5.41, 5.74) is 0. The molecule has 0 amide bonds. The van der Waals surface area contributed by atoms with Gasteiger partial charge >= 0.3 is 0 Å². The zero-order valence-electron chi connectivity index (χ0n) is 11.6. The highest BCUT2D eigenvalue weighted by atomic mass is 79.9. The smallest absolute Gasteiger partial charge is 0.0334 e. The minimum Gasteiger partial charge on any atom is -0.314 e. The average Bonchev–Trinajstić information content (AvgIpc) is 2.89. The largest absolute Gasteiger partial charge is 0.314 e. The van der Waals surface area contributed by atoms with Crippen molar-refractivity contribution < 1.29 is 0 Å². The van der Waals surface area contributed by atoms with Crippen molar-refractivity contribution >= 4 is 27.3 Å². The fraction of sp³-hybridized carbons (Fsp3) is 0.733. The lowest BCUT2D eigenvalue weighted by molar-refractivity contribution is 0.110. The summed E-state index contributed by atoms with van der Waals surface area (Å²) in [6, 6.07) is 4.68. The third-order valence-electron chi connectivity index (χ3n) is 4.53. The molecule has 3 heterocycles. The summed E-state index contributed by atoms with van der Waals surface area (Å²) in [5, 5.41) is 5.93. The van der Waals surface area contributed by atoms with Crippen molar-refractivity contribution in [1.29, 1.82) is 0 Å². The Morgan fingerprint density at radius 3 is 2.68 bits per heavy atom. The van der Waals surface area contributed by atoms with E-state index in [1.165, 1.54) is 48.0 Å². The molecule has 1 aromatic heterocycles. The predicted molar refractivity (Wildman–Crippen MR) is 85.7 cm³/mol. The van der Waals surface area contributed by atoms with Crippen molar-refractivity contribution in [2.45, 2.75) is 63.7 Å². The molecule has 2 saturated heterocycles. The molecule has 106 valence electrons. The summed E-state index contributed by atoms with van der Waals surface area (Å²) in [5.74, 6) is 0. The molecular weight excluding hydrogens is 320 g/mol. The molecule has 0 aliphatic carbocycles. The number of hydrogen-bond acceptors (Lipinski definition) is 3. The van der Waals surface area contributed by atoms with E-state index in [1.54, 1.807) is 0 Å². The fourth-order valence-corrected chi connectivity index (χ4v) is 5.12. The lowest BCUT2D eigenvalue weighted by atomic mass is 9.97. The number of hydrogen-bond donors (Lipinski definition) is 1.